The lowest BCUT2D eigenvalue weighted by atomic mass is 10.2. The zero-order chi connectivity index (χ0) is 6.85. The summed E-state index contributed by atoms with van der Waals surface area (Å²) in [5.41, 5.74) is 0. The van der Waals surface area contributed by atoms with Gasteiger partial charge in [0.1, 0.15) is 0 Å². The van der Waals surface area contributed by atoms with Crippen molar-refractivity contribution in [2.24, 2.45) is 0 Å². The number of nitrogens with zero attached hydrogens (tertiary/aromatic N) is 1. The van der Waals surface area contributed by atoms with Crippen molar-refractivity contribution >= 4 is 17.0 Å². The molecule has 0 aromatic heterocycles. The molecule has 1 aliphatic rings. The topological polar surface area (TPSA) is 20.3 Å². The molecule has 1 aliphatic heterocycles. The number of thioether (sulfide) groups is 1. The van der Waals surface area contributed by atoms with E-state index in [-0.39, 0.29) is 5.24 Å². The van der Waals surface area contributed by atoms with Crippen molar-refractivity contribution in [1.29, 1.82) is 0 Å². The van der Waals surface area contributed by atoms with Gasteiger partial charge in [-0.25, -0.2) is 0 Å². The molecule has 0 radical (unpaired) electrons. The van der Waals surface area contributed by atoms with Gasteiger partial charge in [-0.2, -0.15) is 0 Å². The van der Waals surface area contributed by atoms with Gasteiger partial charge in [-0.05, 0) is 13.3 Å². The van der Waals surface area contributed by atoms with Gasteiger partial charge in [-0.3, -0.25) is 4.79 Å². The van der Waals surface area contributed by atoms with Gasteiger partial charge in [-0.15, -0.1) is 0 Å². The van der Waals surface area contributed by atoms with Gasteiger partial charge in [0.25, 0.3) is 5.24 Å². The van der Waals surface area contributed by atoms with Crippen LogP contribution in [0.15, 0.2) is 0 Å². The molecule has 1 fully saturated rings. The third kappa shape index (κ3) is 1.39. The molecule has 0 saturated carbocycles. The van der Waals surface area contributed by atoms with Crippen LogP contribution in [0.3, 0.4) is 0 Å². The first-order valence-corrected chi connectivity index (χ1v) is 4.10. The highest BCUT2D eigenvalue weighted by Crippen LogP contribution is 2.19. The van der Waals surface area contributed by atoms with Crippen molar-refractivity contribution in [3.63, 3.8) is 0 Å². The number of amides is 1. The van der Waals surface area contributed by atoms with E-state index in [0.717, 1.165) is 12.2 Å². The molecule has 9 heavy (non-hydrogen) atoms. The van der Waals surface area contributed by atoms with Crippen LogP contribution in [0.5, 0.6) is 0 Å². The van der Waals surface area contributed by atoms with Crippen LogP contribution in [0.1, 0.15) is 13.3 Å². The fraction of sp³-hybridized carbons (Fsp3) is 0.833. The van der Waals surface area contributed by atoms with Gasteiger partial charge >= 0.3 is 0 Å². The van der Waals surface area contributed by atoms with Gasteiger partial charge in [0.2, 0.25) is 0 Å². The molecule has 0 aliphatic carbocycles. The summed E-state index contributed by atoms with van der Waals surface area (Å²) in [7, 11) is 1.86. The zero-order valence-corrected chi connectivity index (χ0v) is 6.57. The summed E-state index contributed by atoms with van der Waals surface area (Å²) in [5.74, 6) is 0.990. The largest absolute Gasteiger partial charge is 0.334 e. The maximum Gasteiger partial charge on any atom is 0.281 e. The van der Waals surface area contributed by atoms with Crippen LogP contribution in [-0.4, -0.2) is 29.0 Å². The Balaban J connectivity index is 2.51. The first-order chi connectivity index (χ1) is 4.22. The standard InChI is InChI=1S/C6H11NOS/c1-5-3-4-9-6(8)7(5)2/h5H,3-4H2,1-2H3/t5-/m1/s1. The van der Waals surface area contributed by atoms with Crippen molar-refractivity contribution < 1.29 is 4.79 Å². The second kappa shape index (κ2) is 2.60. The Bertz CT molecular complexity index is 126. The van der Waals surface area contributed by atoms with Crippen LogP contribution in [-0.2, 0) is 0 Å². The number of carbonyl (C=O) groups excluding carboxylic acids is 1. The van der Waals surface area contributed by atoms with E-state index in [1.54, 1.807) is 4.90 Å². The van der Waals surface area contributed by atoms with Crippen molar-refractivity contribution in [2.45, 2.75) is 19.4 Å². The highest BCUT2D eigenvalue weighted by atomic mass is 32.2. The van der Waals surface area contributed by atoms with E-state index in [9.17, 15) is 4.79 Å². The van der Waals surface area contributed by atoms with Gasteiger partial charge in [-0.1, -0.05) is 11.8 Å². The molecule has 0 bridgehead atoms. The summed E-state index contributed by atoms with van der Waals surface area (Å²) in [5, 5.41) is 0.216. The van der Waals surface area contributed by atoms with Crippen molar-refractivity contribution in [3.05, 3.63) is 0 Å². The Morgan fingerprint density at radius 2 is 2.44 bits per heavy atom. The summed E-state index contributed by atoms with van der Waals surface area (Å²) >= 11 is 1.42. The Morgan fingerprint density at radius 1 is 1.78 bits per heavy atom. The summed E-state index contributed by atoms with van der Waals surface area (Å²) in [6.45, 7) is 2.08. The molecule has 0 aromatic rings. The molecule has 1 saturated heterocycles. The SMILES string of the molecule is C[C@@H]1CCSC(=O)N1C. The van der Waals surface area contributed by atoms with E-state index in [4.69, 9.17) is 0 Å². The maximum atomic E-state index is 10.9. The molecule has 0 aromatic carbocycles. The monoisotopic (exact) mass is 145 g/mol. The van der Waals surface area contributed by atoms with E-state index in [0.29, 0.717) is 6.04 Å². The van der Waals surface area contributed by atoms with Gasteiger partial charge in [0.15, 0.2) is 0 Å². The van der Waals surface area contributed by atoms with Crippen LogP contribution in [0.25, 0.3) is 0 Å². The number of rotatable bonds is 0. The van der Waals surface area contributed by atoms with Crippen LogP contribution in [0.4, 0.5) is 4.79 Å². The van der Waals surface area contributed by atoms with Gasteiger partial charge in [0.05, 0.1) is 0 Å². The third-order valence-corrected chi connectivity index (χ3v) is 2.69. The molecule has 1 amide bonds. The van der Waals surface area contributed by atoms with Crippen molar-refractivity contribution in [3.8, 4) is 0 Å². The van der Waals surface area contributed by atoms with Gasteiger partial charge in [0, 0.05) is 18.8 Å². The molecule has 1 rings (SSSR count). The summed E-state index contributed by atoms with van der Waals surface area (Å²) in [4.78, 5) is 12.7. The van der Waals surface area contributed by atoms with Gasteiger partial charge < -0.3 is 4.90 Å². The molecule has 1 atom stereocenters. The van der Waals surface area contributed by atoms with Crippen molar-refractivity contribution in [2.75, 3.05) is 12.8 Å². The fourth-order valence-corrected chi connectivity index (χ4v) is 1.81. The van der Waals surface area contributed by atoms with Crippen LogP contribution >= 0.6 is 11.8 Å². The Hall–Kier alpha value is -0.180. The number of carbonyl (C=O) groups is 1. The first-order valence-electron chi connectivity index (χ1n) is 3.11. The molecular formula is C6H11NOS. The summed E-state index contributed by atoms with van der Waals surface area (Å²) in [6, 6.07) is 0.443. The molecule has 1 heterocycles. The second-order valence-corrected chi connectivity index (χ2v) is 3.41. The second-order valence-electron chi connectivity index (χ2n) is 2.36. The third-order valence-electron chi connectivity index (χ3n) is 1.71. The Morgan fingerprint density at radius 3 is 2.89 bits per heavy atom. The molecule has 0 spiro atoms. The molecular weight excluding hydrogens is 134 g/mol. The molecule has 52 valence electrons. The lowest BCUT2D eigenvalue weighted by Crippen LogP contribution is -2.36. The van der Waals surface area contributed by atoms with E-state index in [1.165, 1.54) is 11.8 Å². The highest BCUT2D eigenvalue weighted by molar-refractivity contribution is 8.13. The summed E-state index contributed by atoms with van der Waals surface area (Å²) < 4.78 is 0. The number of hydrogen-bond donors (Lipinski definition) is 0. The average molecular weight is 145 g/mol. The Labute approximate surface area is 59.6 Å². The maximum absolute atomic E-state index is 10.9. The van der Waals surface area contributed by atoms with E-state index < -0.39 is 0 Å². The average Bonchev–Trinajstić information content (AvgIpc) is 1.83. The summed E-state index contributed by atoms with van der Waals surface area (Å²) in [6.07, 6.45) is 1.13. The number of hydrogen-bond acceptors (Lipinski definition) is 2. The normalized spacial score (nSPS) is 28.9. The zero-order valence-electron chi connectivity index (χ0n) is 5.76. The smallest absolute Gasteiger partial charge is 0.281 e. The minimum Gasteiger partial charge on any atom is -0.334 e. The predicted octanol–water partition coefficient (Wildman–Crippen LogP) is 1.56. The highest BCUT2D eigenvalue weighted by Gasteiger charge is 2.20. The minimum absolute atomic E-state index is 0.216. The quantitative estimate of drug-likeness (QED) is 0.515. The lowest BCUT2D eigenvalue weighted by Gasteiger charge is -2.28. The fourth-order valence-electron chi connectivity index (χ4n) is 0.792. The van der Waals surface area contributed by atoms with Crippen molar-refractivity contribution in [1.82, 2.24) is 4.90 Å². The van der Waals surface area contributed by atoms with Crippen LogP contribution < -0.4 is 0 Å². The molecule has 0 N–H and O–H groups in total. The van der Waals surface area contributed by atoms with Crippen LogP contribution in [0, 0.1) is 0 Å². The molecule has 3 heteroatoms. The van der Waals surface area contributed by atoms with E-state index in [1.807, 2.05) is 7.05 Å². The molecule has 0 unspecified atom stereocenters. The molecule has 2 nitrogen and oxygen atoms in total. The van der Waals surface area contributed by atoms with E-state index in [2.05, 4.69) is 6.92 Å². The predicted molar refractivity (Wildman–Crippen MR) is 39.7 cm³/mol. The van der Waals surface area contributed by atoms with Crippen LogP contribution in [0.2, 0.25) is 0 Å². The van der Waals surface area contributed by atoms with E-state index >= 15 is 0 Å². The first kappa shape index (κ1) is 6.93. The Kier molecular flexibility index (Phi) is 2.01. The lowest BCUT2D eigenvalue weighted by molar-refractivity contribution is 0.215. The minimum atomic E-state index is 0.216.